The Morgan fingerprint density at radius 1 is 1.50 bits per heavy atom. The molecule has 1 aliphatic carbocycles. The Labute approximate surface area is 81.9 Å². The maximum atomic E-state index is 11.5. The summed E-state index contributed by atoms with van der Waals surface area (Å²) in [6, 6.07) is 0. The van der Waals surface area contributed by atoms with Crippen LogP contribution in [0.25, 0.3) is 0 Å². The molecule has 4 nitrogen and oxygen atoms in total. The summed E-state index contributed by atoms with van der Waals surface area (Å²) in [6.45, 7) is 4.82. The van der Waals surface area contributed by atoms with Crippen molar-refractivity contribution in [2.24, 2.45) is 11.3 Å². The van der Waals surface area contributed by atoms with Crippen LogP contribution in [0.15, 0.2) is 12.7 Å². The number of ether oxygens (including phenoxy) is 1. The molecule has 0 unspecified atom stereocenters. The van der Waals surface area contributed by atoms with Crippen LogP contribution in [0.3, 0.4) is 0 Å². The summed E-state index contributed by atoms with van der Waals surface area (Å²) in [7, 11) is 1.12. The summed E-state index contributed by atoms with van der Waals surface area (Å²) in [5.74, 6) is -2.22. The van der Waals surface area contributed by atoms with Crippen molar-refractivity contribution in [2.45, 2.75) is 13.3 Å². The van der Waals surface area contributed by atoms with Crippen molar-refractivity contribution in [3.8, 4) is 0 Å². The monoisotopic (exact) mass is 196 g/mol. The number of allylic oxidation sites excluding steroid dienone is 1. The normalized spacial score (nSPS) is 29.1. The number of hydrogen-bond donors (Lipinski definition) is 0. The largest absolute Gasteiger partial charge is 0.463 e. The Hall–Kier alpha value is -1.45. The maximum absolute atomic E-state index is 11.5. The van der Waals surface area contributed by atoms with Crippen molar-refractivity contribution in [1.82, 2.24) is 0 Å². The molecule has 14 heavy (non-hydrogen) atoms. The zero-order valence-corrected chi connectivity index (χ0v) is 8.20. The van der Waals surface area contributed by atoms with E-state index in [9.17, 15) is 14.4 Å². The smallest absolute Gasteiger partial charge is 0.375 e. The van der Waals surface area contributed by atoms with Crippen LogP contribution >= 0.6 is 0 Å². The van der Waals surface area contributed by atoms with Crippen LogP contribution in [0.5, 0.6) is 0 Å². The van der Waals surface area contributed by atoms with E-state index in [0.717, 1.165) is 7.11 Å². The molecular formula is C10H12O4. The first-order valence-electron chi connectivity index (χ1n) is 4.27. The molecule has 0 saturated heterocycles. The number of carbonyl (C=O) groups excluding carboxylic acids is 3. The minimum atomic E-state index is -1.17. The molecule has 0 spiro atoms. The topological polar surface area (TPSA) is 60.4 Å². The molecule has 0 aromatic carbocycles. The van der Waals surface area contributed by atoms with Gasteiger partial charge in [0, 0.05) is 0 Å². The molecule has 0 aromatic rings. The quantitative estimate of drug-likeness (QED) is 0.284. The Kier molecular flexibility index (Phi) is 2.55. The molecule has 0 bridgehead atoms. The van der Waals surface area contributed by atoms with Crippen LogP contribution in [-0.4, -0.2) is 24.6 Å². The first kappa shape index (κ1) is 10.6. The Morgan fingerprint density at radius 3 is 2.36 bits per heavy atom. The highest BCUT2D eigenvalue weighted by atomic mass is 16.5. The molecule has 0 N–H and O–H groups in total. The van der Waals surface area contributed by atoms with Gasteiger partial charge < -0.3 is 4.74 Å². The van der Waals surface area contributed by atoms with Crippen LogP contribution in [0, 0.1) is 11.3 Å². The summed E-state index contributed by atoms with van der Waals surface area (Å²) in [5.41, 5.74) is -1.17. The second-order valence-electron chi connectivity index (χ2n) is 3.39. The standard InChI is InChI=1S/C10H12O4/c1-4-7-5-10(7,6(2)11)8(12)9(13)14-3/h4,7H,1,5H2,2-3H3/t7-,10+/m0/s1. The molecule has 4 heteroatoms. The van der Waals surface area contributed by atoms with Crippen molar-refractivity contribution >= 4 is 17.5 Å². The minimum Gasteiger partial charge on any atom is -0.463 e. The summed E-state index contributed by atoms with van der Waals surface area (Å²) < 4.78 is 4.31. The summed E-state index contributed by atoms with van der Waals surface area (Å²) in [6.07, 6.45) is 1.90. The third-order valence-electron chi connectivity index (χ3n) is 2.70. The van der Waals surface area contributed by atoms with E-state index in [2.05, 4.69) is 11.3 Å². The van der Waals surface area contributed by atoms with Crippen LogP contribution in [0.4, 0.5) is 0 Å². The van der Waals surface area contributed by atoms with E-state index in [-0.39, 0.29) is 11.7 Å². The summed E-state index contributed by atoms with van der Waals surface area (Å²) in [4.78, 5) is 33.8. The SMILES string of the molecule is C=C[C@H]1C[C@]1(C(C)=O)C(=O)C(=O)OC. The highest BCUT2D eigenvalue weighted by molar-refractivity contribution is 6.41. The number of carbonyl (C=O) groups is 3. The highest BCUT2D eigenvalue weighted by Crippen LogP contribution is 2.54. The molecule has 1 rings (SSSR count). The van der Waals surface area contributed by atoms with Crippen LogP contribution in [0.2, 0.25) is 0 Å². The lowest BCUT2D eigenvalue weighted by atomic mass is 9.93. The lowest BCUT2D eigenvalue weighted by Crippen LogP contribution is -2.33. The van der Waals surface area contributed by atoms with Gasteiger partial charge in [-0.25, -0.2) is 4.79 Å². The predicted octanol–water partition coefficient (Wildman–Crippen LogP) is 0.510. The fourth-order valence-electron chi connectivity index (χ4n) is 1.67. The summed E-state index contributed by atoms with van der Waals surface area (Å²) >= 11 is 0. The van der Waals surface area contributed by atoms with Gasteiger partial charge in [0.25, 0.3) is 5.78 Å². The number of esters is 1. The number of methoxy groups -OCH3 is 1. The predicted molar refractivity (Wildman–Crippen MR) is 48.4 cm³/mol. The molecular weight excluding hydrogens is 184 g/mol. The van der Waals surface area contributed by atoms with Gasteiger partial charge in [0.15, 0.2) is 0 Å². The van der Waals surface area contributed by atoms with Gasteiger partial charge in [-0.15, -0.1) is 6.58 Å². The van der Waals surface area contributed by atoms with Gasteiger partial charge >= 0.3 is 5.97 Å². The Balaban J connectivity index is 2.93. The van der Waals surface area contributed by atoms with E-state index in [0.29, 0.717) is 6.42 Å². The van der Waals surface area contributed by atoms with Crippen LogP contribution < -0.4 is 0 Å². The molecule has 1 saturated carbocycles. The average molecular weight is 196 g/mol. The van der Waals surface area contributed by atoms with E-state index in [1.165, 1.54) is 13.0 Å². The molecule has 2 atom stereocenters. The van der Waals surface area contributed by atoms with Crippen LogP contribution in [-0.2, 0) is 19.1 Å². The number of Topliss-reactive ketones (excluding diaryl/α,β-unsaturated/α-hetero) is 2. The van der Waals surface area contributed by atoms with Crippen molar-refractivity contribution in [2.75, 3.05) is 7.11 Å². The van der Waals surface area contributed by atoms with Gasteiger partial charge in [-0.05, 0) is 19.3 Å². The molecule has 0 heterocycles. The molecule has 0 amide bonds. The van der Waals surface area contributed by atoms with E-state index < -0.39 is 17.2 Å². The number of ketones is 2. The van der Waals surface area contributed by atoms with E-state index in [1.807, 2.05) is 0 Å². The van der Waals surface area contributed by atoms with Crippen LogP contribution in [0.1, 0.15) is 13.3 Å². The van der Waals surface area contributed by atoms with Crippen molar-refractivity contribution in [3.05, 3.63) is 12.7 Å². The number of rotatable bonds is 4. The maximum Gasteiger partial charge on any atom is 0.375 e. The molecule has 0 aliphatic heterocycles. The first-order chi connectivity index (χ1) is 6.50. The van der Waals surface area contributed by atoms with Gasteiger partial charge in [-0.1, -0.05) is 6.08 Å². The lowest BCUT2D eigenvalue weighted by Gasteiger charge is -2.08. The van der Waals surface area contributed by atoms with E-state index in [4.69, 9.17) is 0 Å². The summed E-state index contributed by atoms with van der Waals surface area (Å²) in [5, 5.41) is 0. The van der Waals surface area contributed by atoms with Crippen molar-refractivity contribution in [1.29, 1.82) is 0 Å². The van der Waals surface area contributed by atoms with Gasteiger partial charge in [-0.3, -0.25) is 9.59 Å². The Bertz CT molecular complexity index is 318. The third-order valence-corrected chi connectivity index (χ3v) is 2.70. The lowest BCUT2D eigenvalue weighted by molar-refractivity contribution is -0.156. The zero-order valence-electron chi connectivity index (χ0n) is 8.20. The van der Waals surface area contributed by atoms with Crippen molar-refractivity contribution < 1.29 is 19.1 Å². The van der Waals surface area contributed by atoms with Gasteiger partial charge in [0.1, 0.15) is 11.2 Å². The van der Waals surface area contributed by atoms with Gasteiger partial charge in [0.2, 0.25) is 0 Å². The van der Waals surface area contributed by atoms with Crippen molar-refractivity contribution in [3.63, 3.8) is 0 Å². The van der Waals surface area contributed by atoms with Gasteiger partial charge in [-0.2, -0.15) is 0 Å². The molecule has 0 radical (unpaired) electrons. The second-order valence-corrected chi connectivity index (χ2v) is 3.39. The first-order valence-corrected chi connectivity index (χ1v) is 4.27. The molecule has 76 valence electrons. The molecule has 1 fully saturated rings. The van der Waals surface area contributed by atoms with E-state index in [1.54, 1.807) is 0 Å². The minimum absolute atomic E-state index is 0.216. The van der Waals surface area contributed by atoms with E-state index >= 15 is 0 Å². The fourth-order valence-corrected chi connectivity index (χ4v) is 1.67. The second kappa shape index (κ2) is 3.36. The zero-order chi connectivity index (χ0) is 10.9. The fraction of sp³-hybridized carbons (Fsp3) is 0.500. The average Bonchev–Trinajstić information content (AvgIpc) is 2.91. The van der Waals surface area contributed by atoms with Gasteiger partial charge in [0.05, 0.1) is 7.11 Å². The number of hydrogen-bond acceptors (Lipinski definition) is 4. The third kappa shape index (κ3) is 1.27. The molecule has 0 aromatic heterocycles. The molecule has 1 aliphatic rings. The highest BCUT2D eigenvalue weighted by Gasteiger charge is 2.64. The Morgan fingerprint density at radius 2 is 2.07 bits per heavy atom.